The molecule has 0 aromatic heterocycles. The zero-order valence-corrected chi connectivity index (χ0v) is 10.7. The average Bonchev–Trinajstić information content (AvgIpc) is 3.10. The van der Waals surface area contributed by atoms with Gasteiger partial charge in [0.15, 0.2) is 0 Å². The molecule has 2 rings (SSSR count). The molecule has 1 aliphatic rings. The highest BCUT2D eigenvalue weighted by Crippen LogP contribution is 2.22. The van der Waals surface area contributed by atoms with Gasteiger partial charge in [-0.25, -0.2) is 4.39 Å². The van der Waals surface area contributed by atoms with E-state index >= 15 is 0 Å². The molecule has 0 heterocycles. The molecule has 0 radical (unpaired) electrons. The maximum absolute atomic E-state index is 12.8. The molecule has 0 aliphatic heterocycles. The Morgan fingerprint density at radius 2 is 1.88 bits per heavy atom. The van der Waals surface area contributed by atoms with Crippen molar-refractivity contribution in [2.24, 2.45) is 11.8 Å². The quantitative estimate of drug-likeness (QED) is 0.797. The lowest BCUT2D eigenvalue weighted by Crippen LogP contribution is -2.29. The summed E-state index contributed by atoms with van der Waals surface area (Å²) in [6, 6.07) is 7.69. The number of nitrogens with one attached hydrogen (secondary N) is 1. The topological polar surface area (TPSA) is 12.0 Å². The summed E-state index contributed by atoms with van der Waals surface area (Å²) in [4.78, 5) is 0. The van der Waals surface area contributed by atoms with Gasteiger partial charge in [-0.1, -0.05) is 26.0 Å². The zero-order valence-electron chi connectivity index (χ0n) is 10.7. The predicted molar refractivity (Wildman–Crippen MR) is 69.5 cm³/mol. The minimum atomic E-state index is -0.147. The summed E-state index contributed by atoms with van der Waals surface area (Å²) in [5.41, 5.74) is 1.24. The Bertz CT molecular complexity index is 340. The van der Waals surface area contributed by atoms with Gasteiger partial charge in [-0.15, -0.1) is 0 Å². The van der Waals surface area contributed by atoms with Crippen molar-refractivity contribution in [2.75, 3.05) is 6.54 Å². The second-order valence-corrected chi connectivity index (χ2v) is 5.52. The number of hydrogen-bond donors (Lipinski definition) is 1. The first-order valence-corrected chi connectivity index (χ1v) is 6.63. The molecule has 1 aliphatic carbocycles. The Balaban J connectivity index is 1.88. The Morgan fingerprint density at radius 1 is 1.24 bits per heavy atom. The van der Waals surface area contributed by atoms with Gasteiger partial charge in [0.05, 0.1) is 0 Å². The third-order valence-corrected chi connectivity index (χ3v) is 3.60. The molecular weight excluding hydrogens is 213 g/mol. The van der Waals surface area contributed by atoms with E-state index < -0.39 is 0 Å². The van der Waals surface area contributed by atoms with Gasteiger partial charge in [-0.2, -0.15) is 0 Å². The van der Waals surface area contributed by atoms with Crippen LogP contribution in [0.4, 0.5) is 4.39 Å². The molecule has 94 valence electrons. The smallest absolute Gasteiger partial charge is 0.123 e. The van der Waals surface area contributed by atoms with E-state index in [1.165, 1.54) is 18.4 Å². The first kappa shape index (κ1) is 12.6. The zero-order chi connectivity index (χ0) is 12.3. The van der Waals surface area contributed by atoms with Crippen molar-refractivity contribution in [1.29, 1.82) is 0 Å². The maximum Gasteiger partial charge on any atom is 0.123 e. The van der Waals surface area contributed by atoms with Crippen LogP contribution in [0.1, 0.15) is 32.3 Å². The van der Waals surface area contributed by atoms with Crippen LogP contribution < -0.4 is 5.32 Å². The largest absolute Gasteiger partial charge is 0.314 e. The minimum absolute atomic E-state index is 0.147. The number of benzene rings is 1. The fourth-order valence-electron chi connectivity index (χ4n) is 2.07. The van der Waals surface area contributed by atoms with Gasteiger partial charge in [0.25, 0.3) is 0 Å². The molecule has 2 heteroatoms. The van der Waals surface area contributed by atoms with Crippen molar-refractivity contribution in [3.63, 3.8) is 0 Å². The van der Waals surface area contributed by atoms with Crippen LogP contribution in [0, 0.1) is 17.7 Å². The van der Waals surface area contributed by atoms with Gasteiger partial charge in [0, 0.05) is 6.04 Å². The first-order valence-electron chi connectivity index (χ1n) is 6.63. The van der Waals surface area contributed by atoms with Crippen LogP contribution in [0.3, 0.4) is 0 Å². The fraction of sp³-hybridized carbons (Fsp3) is 0.600. The van der Waals surface area contributed by atoms with Crippen LogP contribution in [0.2, 0.25) is 0 Å². The SMILES string of the molecule is CC(C)C(CNC1CC1)Cc1ccc(F)cc1. The van der Waals surface area contributed by atoms with E-state index in [-0.39, 0.29) is 5.82 Å². The van der Waals surface area contributed by atoms with E-state index in [0.717, 1.165) is 19.0 Å². The van der Waals surface area contributed by atoms with E-state index in [1.54, 1.807) is 12.1 Å². The molecule has 1 nitrogen and oxygen atoms in total. The van der Waals surface area contributed by atoms with Gasteiger partial charge in [-0.3, -0.25) is 0 Å². The summed E-state index contributed by atoms with van der Waals surface area (Å²) < 4.78 is 12.8. The van der Waals surface area contributed by atoms with Gasteiger partial charge in [-0.05, 0) is 55.3 Å². The maximum atomic E-state index is 12.8. The Hall–Kier alpha value is -0.890. The molecule has 0 amide bonds. The van der Waals surface area contributed by atoms with Crippen LogP contribution in [0.25, 0.3) is 0 Å². The number of halogens is 1. The highest BCUT2D eigenvalue weighted by molar-refractivity contribution is 5.16. The molecule has 0 saturated heterocycles. The summed E-state index contributed by atoms with van der Waals surface area (Å²) >= 11 is 0. The first-order chi connectivity index (χ1) is 8.15. The van der Waals surface area contributed by atoms with E-state index in [1.807, 2.05) is 12.1 Å². The van der Waals surface area contributed by atoms with E-state index in [2.05, 4.69) is 19.2 Å². The molecule has 1 N–H and O–H groups in total. The van der Waals surface area contributed by atoms with Crippen molar-refractivity contribution in [2.45, 2.75) is 39.2 Å². The van der Waals surface area contributed by atoms with Crippen LogP contribution in [-0.4, -0.2) is 12.6 Å². The van der Waals surface area contributed by atoms with Crippen molar-refractivity contribution in [3.05, 3.63) is 35.6 Å². The standard InChI is InChI=1S/C15H22FN/c1-11(2)13(10-17-15-7-8-15)9-12-3-5-14(16)6-4-12/h3-6,11,13,15,17H,7-10H2,1-2H3. The van der Waals surface area contributed by atoms with E-state index in [4.69, 9.17) is 0 Å². The summed E-state index contributed by atoms with van der Waals surface area (Å²) in [6.45, 7) is 5.62. The summed E-state index contributed by atoms with van der Waals surface area (Å²) in [7, 11) is 0. The van der Waals surface area contributed by atoms with Crippen LogP contribution in [0.15, 0.2) is 24.3 Å². The van der Waals surface area contributed by atoms with Crippen molar-refractivity contribution in [1.82, 2.24) is 5.32 Å². The minimum Gasteiger partial charge on any atom is -0.314 e. The third-order valence-electron chi connectivity index (χ3n) is 3.60. The average molecular weight is 235 g/mol. The Morgan fingerprint density at radius 3 is 2.41 bits per heavy atom. The lowest BCUT2D eigenvalue weighted by molar-refractivity contribution is 0.359. The highest BCUT2D eigenvalue weighted by Gasteiger charge is 2.23. The van der Waals surface area contributed by atoms with Crippen molar-refractivity contribution in [3.8, 4) is 0 Å². The molecule has 17 heavy (non-hydrogen) atoms. The van der Waals surface area contributed by atoms with Crippen molar-refractivity contribution >= 4 is 0 Å². The third kappa shape index (κ3) is 4.12. The van der Waals surface area contributed by atoms with Crippen LogP contribution in [-0.2, 0) is 6.42 Å². The molecule has 1 unspecified atom stereocenters. The summed E-state index contributed by atoms with van der Waals surface area (Å²) in [5.74, 6) is 1.15. The lowest BCUT2D eigenvalue weighted by atomic mass is 9.89. The predicted octanol–water partition coefficient (Wildman–Crippen LogP) is 3.39. The molecule has 1 fully saturated rings. The van der Waals surface area contributed by atoms with E-state index in [0.29, 0.717) is 11.8 Å². The van der Waals surface area contributed by atoms with Gasteiger partial charge in [0.2, 0.25) is 0 Å². The molecule has 0 bridgehead atoms. The Labute approximate surface area is 103 Å². The van der Waals surface area contributed by atoms with E-state index in [9.17, 15) is 4.39 Å². The Kier molecular flexibility index (Phi) is 4.16. The second-order valence-electron chi connectivity index (χ2n) is 5.52. The lowest BCUT2D eigenvalue weighted by Gasteiger charge is -2.21. The van der Waals surface area contributed by atoms with Gasteiger partial charge in [0.1, 0.15) is 5.82 Å². The van der Waals surface area contributed by atoms with Crippen LogP contribution >= 0.6 is 0 Å². The summed E-state index contributed by atoms with van der Waals surface area (Å²) in [6.07, 6.45) is 3.71. The highest BCUT2D eigenvalue weighted by atomic mass is 19.1. The molecular formula is C15H22FN. The van der Waals surface area contributed by atoms with Gasteiger partial charge >= 0.3 is 0 Å². The van der Waals surface area contributed by atoms with Gasteiger partial charge < -0.3 is 5.32 Å². The van der Waals surface area contributed by atoms with Crippen LogP contribution in [0.5, 0.6) is 0 Å². The molecule has 1 saturated carbocycles. The fourth-order valence-corrected chi connectivity index (χ4v) is 2.07. The monoisotopic (exact) mass is 235 g/mol. The number of hydrogen-bond acceptors (Lipinski definition) is 1. The second kappa shape index (κ2) is 5.63. The van der Waals surface area contributed by atoms with Crippen molar-refractivity contribution < 1.29 is 4.39 Å². The molecule has 1 aromatic carbocycles. The normalized spacial score (nSPS) is 17.4. The number of rotatable bonds is 6. The summed E-state index contributed by atoms with van der Waals surface area (Å²) in [5, 5.41) is 3.60. The molecule has 0 spiro atoms. The molecule has 1 atom stereocenters. The molecule has 1 aromatic rings.